The van der Waals surface area contributed by atoms with Crippen molar-refractivity contribution in [3.8, 4) is 0 Å². The lowest BCUT2D eigenvalue weighted by molar-refractivity contribution is -0.155. The first-order valence-corrected chi connectivity index (χ1v) is 7.29. The molecule has 21 heavy (non-hydrogen) atoms. The minimum atomic E-state index is -1.03. The van der Waals surface area contributed by atoms with Crippen molar-refractivity contribution >= 4 is 18.0 Å². The number of benzene rings is 1. The maximum Gasteiger partial charge on any atom is 0.329 e. The van der Waals surface area contributed by atoms with Gasteiger partial charge in [-0.1, -0.05) is 36.8 Å². The lowest BCUT2D eigenvalue weighted by Gasteiger charge is -2.33. The zero-order valence-electron chi connectivity index (χ0n) is 12.5. The van der Waals surface area contributed by atoms with Gasteiger partial charge in [0.05, 0.1) is 0 Å². The molecule has 1 aliphatic rings. The van der Waals surface area contributed by atoms with Crippen LogP contribution in [0.3, 0.4) is 0 Å². The van der Waals surface area contributed by atoms with Gasteiger partial charge in [-0.05, 0) is 37.8 Å². The van der Waals surface area contributed by atoms with Crippen molar-refractivity contribution in [2.24, 2.45) is 0 Å². The molecule has 0 bridgehead atoms. The molecule has 1 aromatic rings. The van der Waals surface area contributed by atoms with Crippen LogP contribution in [-0.2, 0) is 9.59 Å². The summed E-state index contributed by atoms with van der Waals surface area (Å²) in [5, 5.41) is 9.49. The molecule has 2 rings (SSSR count). The molecule has 1 N–H and O–H groups in total. The van der Waals surface area contributed by atoms with Crippen LogP contribution >= 0.6 is 0 Å². The summed E-state index contributed by atoms with van der Waals surface area (Å²) in [5.41, 5.74) is 1.03. The zero-order chi connectivity index (χ0) is 15.5. The van der Waals surface area contributed by atoms with Crippen molar-refractivity contribution in [1.29, 1.82) is 0 Å². The predicted molar refractivity (Wildman–Crippen MR) is 81.8 cm³/mol. The van der Waals surface area contributed by atoms with E-state index in [1.807, 2.05) is 38.1 Å². The molecule has 0 aromatic heterocycles. The van der Waals surface area contributed by atoms with E-state index in [1.165, 1.54) is 11.0 Å². The number of aliphatic carboxylic acids is 1. The van der Waals surface area contributed by atoms with Crippen LogP contribution in [0.2, 0.25) is 0 Å². The maximum atomic E-state index is 12.4. The highest BCUT2D eigenvalue weighted by Gasteiger charge is 2.47. The minimum absolute atomic E-state index is 0.224. The van der Waals surface area contributed by atoms with Crippen molar-refractivity contribution in [1.82, 2.24) is 4.90 Å². The molecule has 1 aromatic carbocycles. The van der Waals surface area contributed by atoms with Crippen LogP contribution in [0.5, 0.6) is 0 Å². The molecule has 112 valence electrons. The van der Waals surface area contributed by atoms with E-state index in [-0.39, 0.29) is 5.91 Å². The van der Waals surface area contributed by atoms with Gasteiger partial charge in [0.25, 0.3) is 0 Å². The van der Waals surface area contributed by atoms with E-state index < -0.39 is 11.5 Å². The average molecular weight is 287 g/mol. The number of hydrogen-bond donors (Lipinski definition) is 1. The quantitative estimate of drug-likeness (QED) is 0.866. The summed E-state index contributed by atoms with van der Waals surface area (Å²) in [6.45, 7) is 4.33. The van der Waals surface area contributed by atoms with Crippen LogP contribution in [0, 0.1) is 6.92 Å². The van der Waals surface area contributed by atoms with Crippen LogP contribution in [0.1, 0.15) is 37.3 Å². The molecule has 1 aliphatic heterocycles. The summed E-state index contributed by atoms with van der Waals surface area (Å²) in [4.78, 5) is 25.4. The highest BCUT2D eigenvalue weighted by Crippen LogP contribution is 2.33. The number of nitrogens with zero attached hydrogens (tertiary/aromatic N) is 1. The van der Waals surface area contributed by atoms with E-state index in [9.17, 15) is 14.7 Å². The highest BCUT2D eigenvalue weighted by atomic mass is 16.4. The fourth-order valence-electron chi connectivity index (χ4n) is 2.97. The molecule has 0 aliphatic carbocycles. The third kappa shape index (κ3) is 2.99. The van der Waals surface area contributed by atoms with Crippen LogP contribution in [0.4, 0.5) is 0 Å². The number of rotatable bonds is 4. The SMILES string of the molecule is CCC1(C(=O)O)CCCN1C(=O)/C=C/c1cccc(C)c1. The molecule has 4 nitrogen and oxygen atoms in total. The molecule has 1 fully saturated rings. The fourth-order valence-corrected chi connectivity index (χ4v) is 2.97. The van der Waals surface area contributed by atoms with Gasteiger partial charge in [-0.3, -0.25) is 4.79 Å². The largest absolute Gasteiger partial charge is 0.479 e. The summed E-state index contributed by atoms with van der Waals surface area (Å²) < 4.78 is 0. The number of hydrogen-bond acceptors (Lipinski definition) is 2. The van der Waals surface area contributed by atoms with Gasteiger partial charge in [-0.15, -0.1) is 0 Å². The Morgan fingerprint density at radius 1 is 1.43 bits per heavy atom. The normalized spacial score (nSPS) is 21.9. The van der Waals surface area contributed by atoms with Crippen molar-refractivity contribution in [2.45, 2.75) is 38.6 Å². The van der Waals surface area contributed by atoms with E-state index in [0.717, 1.165) is 17.5 Å². The van der Waals surface area contributed by atoms with Crippen molar-refractivity contribution in [3.05, 3.63) is 41.5 Å². The third-order valence-corrected chi connectivity index (χ3v) is 4.20. The molecule has 1 atom stereocenters. The molecule has 0 spiro atoms. The molecule has 1 heterocycles. The molecule has 1 amide bonds. The second kappa shape index (κ2) is 6.12. The lowest BCUT2D eigenvalue weighted by atomic mass is 9.93. The average Bonchev–Trinajstić information content (AvgIpc) is 2.90. The number of carboxylic acid groups (broad SMARTS) is 1. The Bertz CT molecular complexity index is 579. The summed E-state index contributed by atoms with van der Waals surface area (Å²) in [6, 6.07) is 7.83. The number of likely N-dealkylation sites (tertiary alicyclic amines) is 1. The molecule has 1 saturated heterocycles. The Morgan fingerprint density at radius 2 is 2.19 bits per heavy atom. The number of carbonyl (C=O) groups is 2. The molecule has 0 saturated carbocycles. The van der Waals surface area contributed by atoms with Gasteiger partial charge in [0, 0.05) is 12.6 Å². The summed E-state index contributed by atoms with van der Waals surface area (Å²) >= 11 is 0. The Labute approximate surface area is 125 Å². The molecule has 4 heteroatoms. The van der Waals surface area contributed by atoms with Crippen LogP contribution < -0.4 is 0 Å². The Kier molecular flexibility index (Phi) is 4.46. The lowest BCUT2D eigenvalue weighted by Crippen LogP contribution is -2.52. The highest BCUT2D eigenvalue weighted by molar-refractivity contribution is 5.96. The maximum absolute atomic E-state index is 12.4. The van der Waals surface area contributed by atoms with Crippen molar-refractivity contribution in [3.63, 3.8) is 0 Å². The van der Waals surface area contributed by atoms with Gasteiger partial charge in [-0.25, -0.2) is 4.79 Å². The van der Waals surface area contributed by atoms with Crippen LogP contribution in [0.15, 0.2) is 30.3 Å². The van der Waals surface area contributed by atoms with E-state index in [0.29, 0.717) is 19.4 Å². The zero-order valence-corrected chi connectivity index (χ0v) is 12.5. The van der Waals surface area contributed by atoms with Crippen molar-refractivity contribution < 1.29 is 14.7 Å². The monoisotopic (exact) mass is 287 g/mol. The van der Waals surface area contributed by atoms with Crippen LogP contribution in [-0.4, -0.2) is 34.0 Å². The third-order valence-electron chi connectivity index (χ3n) is 4.20. The van der Waals surface area contributed by atoms with E-state index in [1.54, 1.807) is 6.08 Å². The predicted octanol–water partition coefficient (Wildman–Crippen LogP) is 2.86. The number of carboxylic acids is 1. The van der Waals surface area contributed by atoms with Gasteiger partial charge >= 0.3 is 5.97 Å². The number of aryl methyl sites for hydroxylation is 1. The van der Waals surface area contributed by atoms with E-state index in [2.05, 4.69) is 0 Å². The Morgan fingerprint density at radius 3 is 2.81 bits per heavy atom. The van der Waals surface area contributed by atoms with Gasteiger partial charge in [-0.2, -0.15) is 0 Å². The van der Waals surface area contributed by atoms with E-state index in [4.69, 9.17) is 0 Å². The minimum Gasteiger partial charge on any atom is -0.479 e. The Balaban J connectivity index is 2.18. The number of carbonyl (C=O) groups excluding carboxylic acids is 1. The smallest absolute Gasteiger partial charge is 0.329 e. The molecule has 0 radical (unpaired) electrons. The van der Waals surface area contributed by atoms with Crippen LogP contribution in [0.25, 0.3) is 6.08 Å². The molecular formula is C17H21NO3. The van der Waals surface area contributed by atoms with Gasteiger partial charge < -0.3 is 10.0 Å². The molecular weight excluding hydrogens is 266 g/mol. The van der Waals surface area contributed by atoms with Gasteiger partial charge in [0.1, 0.15) is 5.54 Å². The second-order valence-electron chi connectivity index (χ2n) is 5.53. The van der Waals surface area contributed by atoms with Gasteiger partial charge in [0.15, 0.2) is 0 Å². The first-order valence-electron chi connectivity index (χ1n) is 7.29. The first-order chi connectivity index (χ1) is 9.99. The summed E-state index contributed by atoms with van der Waals surface area (Å²) in [6.07, 6.45) is 4.93. The first kappa shape index (κ1) is 15.3. The fraction of sp³-hybridized carbons (Fsp3) is 0.412. The topological polar surface area (TPSA) is 57.6 Å². The van der Waals surface area contributed by atoms with Gasteiger partial charge in [0.2, 0.25) is 5.91 Å². The number of amides is 1. The van der Waals surface area contributed by atoms with Crippen molar-refractivity contribution in [2.75, 3.05) is 6.54 Å². The summed E-state index contributed by atoms with van der Waals surface area (Å²) in [5.74, 6) is -1.13. The Hall–Kier alpha value is -2.10. The second-order valence-corrected chi connectivity index (χ2v) is 5.53. The summed E-state index contributed by atoms with van der Waals surface area (Å²) in [7, 11) is 0. The molecule has 1 unspecified atom stereocenters. The standard InChI is InChI=1S/C17H21NO3/c1-3-17(16(20)21)10-5-11-18(17)15(19)9-8-14-7-4-6-13(2)12-14/h4,6-9,12H,3,5,10-11H2,1-2H3,(H,20,21)/b9-8+. The van der Waals surface area contributed by atoms with E-state index >= 15 is 0 Å².